The van der Waals surface area contributed by atoms with Crippen molar-refractivity contribution >= 4 is 5.97 Å². The topological polar surface area (TPSA) is 56.8 Å². The molecule has 0 bridgehead atoms. The summed E-state index contributed by atoms with van der Waals surface area (Å²) in [6.07, 6.45) is 3.76. The highest BCUT2D eigenvalue weighted by Gasteiger charge is 2.34. The number of rotatable bonds is 6. The largest absolute Gasteiger partial charge is 0.490 e. The molecule has 132 valence electrons. The first-order chi connectivity index (χ1) is 11.6. The van der Waals surface area contributed by atoms with Crippen molar-refractivity contribution in [2.45, 2.75) is 37.2 Å². The van der Waals surface area contributed by atoms with E-state index in [-0.39, 0.29) is 11.2 Å². The molecule has 1 aliphatic heterocycles. The number of benzene rings is 1. The van der Waals surface area contributed by atoms with Gasteiger partial charge in [-0.25, -0.2) is 9.18 Å². The van der Waals surface area contributed by atoms with Crippen LogP contribution in [0.5, 0.6) is 5.75 Å². The first kappa shape index (κ1) is 17.2. The van der Waals surface area contributed by atoms with Gasteiger partial charge in [0.05, 0.1) is 12.7 Å². The number of halogens is 1. The van der Waals surface area contributed by atoms with Crippen molar-refractivity contribution in [3.63, 3.8) is 0 Å². The molecule has 0 amide bonds. The fourth-order valence-corrected chi connectivity index (χ4v) is 3.18. The lowest BCUT2D eigenvalue weighted by Crippen LogP contribution is -2.47. The highest BCUT2D eigenvalue weighted by atomic mass is 19.1. The number of esters is 1. The lowest BCUT2D eigenvalue weighted by molar-refractivity contribution is -0.0642. The summed E-state index contributed by atoms with van der Waals surface area (Å²) in [4.78, 5) is 11.7. The third-order valence-corrected chi connectivity index (χ3v) is 4.96. The van der Waals surface area contributed by atoms with E-state index >= 15 is 0 Å². The van der Waals surface area contributed by atoms with Crippen LogP contribution in [0.2, 0.25) is 0 Å². The molecule has 0 aromatic heterocycles. The minimum Gasteiger partial charge on any atom is -0.490 e. The highest BCUT2D eigenvalue weighted by Crippen LogP contribution is 2.45. The van der Waals surface area contributed by atoms with E-state index in [1.165, 1.54) is 13.2 Å². The van der Waals surface area contributed by atoms with E-state index < -0.39 is 11.8 Å². The van der Waals surface area contributed by atoms with Crippen LogP contribution in [0.3, 0.4) is 0 Å². The van der Waals surface area contributed by atoms with E-state index in [1.807, 2.05) is 0 Å². The molecule has 0 spiro atoms. The van der Waals surface area contributed by atoms with Crippen molar-refractivity contribution in [1.29, 1.82) is 0 Å². The number of nitrogens with one attached hydrogen (secondary N) is 1. The maximum atomic E-state index is 14.3. The van der Waals surface area contributed by atoms with Crippen LogP contribution in [0.15, 0.2) is 12.1 Å². The Morgan fingerprint density at radius 2 is 2.00 bits per heavy atom. The zero-order chi connectivity index (χ0) is 17.2. The Labute approximate surface area is 141 Å². The van der Waals surface area contributed by atoms with Crippen molar-refractivity contribution in [2.24, 2.45) is 0 Å². The molecule has 1 aromatic carbocycles. The molecule has 1 N–H and O–H groups in total. The van der Waals surface area contributed by atoms with E-state index in [9.17, 15) is 9.18 Å². The van der Waals surface area contributed by atoms with Crippen LogP contribution in [-0.4, -0.2) is 45.5 Å². The average molecular weight is 337 g/mol. The second-order valence-corrected chi connectivity index (χ2v) is 6.56. The Hall–Kier alpha value is -1.66. The molecule has 0 unspecified atom stereocenters. The summed E-state index contributed by atoms with van der Waals surface area (Å²) in [5.41, 5.74) is 0.510. The Morgan fingerprint density at radius 1 is 1.29 bits per heavy atom. The van der Waals surface area contributed by atoms with E-state index in [1.54, 1.807) is 13.2 Å². The number of methoxy groups -OCH3 is 2. The van der Waals surface area contributed by atoms with E-state index in [0.29, 0.717) is 18.3 Å². The third kappa shape index (κ3) is 3.54. The smallest absolute Gasteiger partial charge is 0.340 e. The summed E-state index contributed by atoms with van der Waals surface area (Å²) in [7, 11) is 2.94. The molecule has 1 aromatic rings. The molecule has 24 heavy (non-hydrogen) atoms. The predicted molar refractivity (Wildman–Crippen MR) is 87.1 cm³/mol. The maximum Gasteiger partial charge on any atom is 0.340 e. The van der Waals surface area contributed by atoms with Crippen LogP contribution >= 0.6 is 0 Å². The van der Waals surface area contributed by atoms with Gasteiger partial charge in [0, 0.05) is 13.2 Å². The lowest BCUT2D eigenvalue weighted by atomic mass is 9.93. The van der Waals surface area contributed by atoms with Crippen molar-refractivity contribution < 1.29 is 23.4 Å². The minimum atomic E-state index is -0.660. The first-order valence-electron chi connectivity index (χ1n) is 8.39. The number of carbonyl (C=O) groups is 1. The molecule has 3 rings (SSSR count). The number of hydrogen-bond donors (Lipinski definition) is 1. The zero-order valence-corrected chi connectivity index (χ0v) is 14.2. The number of carbonyl (C=O) groups excluding carboxylic acids is 1. The standard InChI is InChI=1S/C18H24FNO4/c1-22-17(21)14-9-13(12-3-4-12)16(10-15(14)19)24-11-18(23-2)5-7-20-8-6-18/h9-10,12,20H,3-8,11H2,1-2H3. The molecule has 5 nitrogen and oxygen atoms in total. The molecule has 0 atom stereocenters. The van der Waals surface area contributed by atoms with Gasteiger partial charge in [0.25, 0.3) is 0 Å². The summed E-state index contributed by atoms with van der Waals surface area (Å²) in [5.74, 6) is -0.432. The van der Waals surface area contributed by atoms with Gasteiger partial charge >= 0.3 is 5.97 Å². The van der Waals surface area contributed by atoms with E-state index in [4.69, 9.17) is 9.47 Å². The van der Waals surface area contributed by atoms with Gasteiger partial charge in [-0.2, -0.15) is 0 Å². The van der Waals surface area contributed by atoms with E-state index in [2.05, 4.69) is 10.1 Å². The van der Waals surface area contributed by atoms with Gasteiger partial charge in [0.15, 0.2) is 0 Å². The lowest BCUT2D eigenvalue weighted by Gasteiger charge is -2.36. The summed E-state index contributed by atoms with van der Waals surface area (Å²) < 4.78 is 30.6. The van der Waals surface area contributed by atoms with Crippen LogP contribution < -0.4 is 10.1 Å². The van der Waals surface area contributed by atoms with Crippen molar-refractivity contribution in [3.8, 4) is 5.75 Å². The van der Waals surface area contributed by atoms with Gasteiger partial charge in [-0.1, -0.05) is 0 Å². The van der Waals surface area contributed by atoms with Gasteiger partial charge in [-0.05, 0) is 56.3 Å². The molecule has 2 fully saturated rings. The molecule has 6 heteroatoms. The minimum absolute atomic E-state index is 0.0323. The normalized spacial score (nSPS) is 19.8. The predicted octanol–water partition coefficient (Wildman–Crippen LogP) is 2.64. The van der Waals surface area contributed by atoms with Crippen molar-refractivity contribution in [2.75, 3.05) is 33.9 Å². The van der Waals surface area contributed by atoms with Gasteiger partial charge in [-0.15, -0.1) is 0 Å². The average Bonchev–Trinajstić information content (AvgIpc) is 3.45. The fraction of sp³-hybridized carbons (Fsp3) is 0.611. The first-order valence-corrected chi connectivity index (χ1v) is 8.39. The summed E-state index contributed by atoms with van der Waals surface area (Å²) in [6, 6.07) is 2.89. The van der Waals surface area contributed by atoms with Crippen molar-refractivity contribution in [1.82, 2.24) is 5.32 Å². The molecule has 0 radical (unpaired) electrons. The summed E-state index contributed by atoms with van der Waals surface area (Å²) >= 11 is 0. The Morgan fingerprint density at radius 3 is 2.58 bits per heavy atom. The molecular formula is C18H24FNO4. The van der Waals surface area contributed by atoms with Crippen LogP contribution in [0.4, 0.5) is 4.39 Å². The fourth-order valence-electron chi connectivity index (χ4n) is 3.18. The van der Waals surface area contributed by atoms with Gasteiger partial charge in [-0.3, -0.25) is 0 Å². The third-order valence-electron chi connectivity index (χ3n) is 4.96. The van der Waals surface area contributed by atoms with Crippen LogP contribution in [-0.2, 0) is 9.47 Å². The van der Waals surface area contributed by atoms with E-state index in [0.717, 1.165) is 44.3 Å². The summed E-state index contributed by atoms with van der Waals surface area (Å²) in [6.45, 7) is 2.13. The van der Waals surface area contributed by atoms with Gasteiger partial charge in [0.2, 0.25) is 0 Å². The summed E-state index contributed by atoms with van der Waals surface area (Å²) in [5, 5.41) is 3.30. The molecule has 1 saturated carbocycles. The number of ether oxygens (including phenoxy) is 3. The highest BCUT2D eigenvalue weighted by molar-refractivity contribution is 5.90. The second-order valence-electron chi connectivity index (χ2n) is 6.56. The Bertz CT molecular complexity index is 609. The SMILES string of the molecule is COC(=O)c1cc(C2CC2)c(OCC2(OC)CCNCC2)cc1F. The Kier molecular flexibility index (Phi) is 5.06. The quantitative estimate of drug-likeness (QED) is 0.809. The number of hydrogen-bond acceptors (Lipinski definition) is 5. The van der Waals surface area contributed by atoms with Crippen LogP contribution in [0, 0.1) is 5.82 Å². The van der Waals surface area contributed by atoms with Crippen LogP contribution in [0.1, 0.15) is 47.5 Å². The Balaban J connectivity index is 1.82. The zero-order valence-electron chi connectivity index (χ0n) is 14.2. The molecule has 1 heterocycles. The monoisotopic (exact) mass is 337 g/mol. The molecule has 1 aliphatic carbocycles. The molecule has 2 aliphatic rings. The van der Waals surface area contributed by atoms with Gasteiger partial charge < -0.3 is 19.5 Å². The van der Waals surface area contributed by atoms with Gasteiger partial charge in [0.1, 0.15) is 23.8 Å². The number of piperidine rings is 1. The second kappa shape index (κ2) is 7.07. The van der Waals surface area contributed by atoms with Crippen molar-refractivity contribution in [3.05, 3.63) is 29.1 Å². The molecule has 1 saturated heterocycles. The molecular weight excluding hydrogens is 313 g/mol. The van der Waals surface area contributed by atoms with Crippen LogP contribution in [0.25, 0.3) is 0 Å². The maximum absolute atomic E-state index is 14.3.